The Bertz CT molecular complexity index is 799. The van der Waals surface area contributed by atoms with E-state index in [-0.39, 0.29) is 0 Å². The van der Waals surface area contributed by atoms with Crippen molar-refractivity contribution in [3.63, 3.8) is 0 Å². The van der Waals surface area contributed by atoms with Gasteiger partial charge >= 0.3 is 14.5 Å². The minimum atomic E-state index is -3.59. The van der Waals surface area contributed by atoms with Gasteiger partial charge in [-0.05, 0) is 35.5 Å². The summed E-state index contributed by atoms with van der Waals surface area (Å²) in [4.78, 5) is 0. The highest BCUT2D eigenvalue weighted by atomic mass is 35.7. The molecule has 0 radical (unpaired) electrons. The average molecular weight is 458 g/mol. The second kappa shape index (κ2) is 11.2. The molecule has 0 bridgehead atoms. The second-order valence-electron chi connectivity index (χ2n) is 6.14. The molecule has 2 aromatic rings. The van der Waals surface area contributed by atoms with E-state index in [2.05, 4.69) is 4.52 Å². The summed E-state index contributed by atoms with van der Waals surface area (Å²) in [5.41, 5.74) is 0. The molecule has 6 nitrogen and oxygen atoms in total. The summed E-state index contributed by atoms with van der Waals surface area (Å²) in [5.74, 6) is 1.17. The summed E-state index contributed by atoms with van der Waals surface area (Å²) in [7, 11) is -3.23. The SMILES string of the molecule is CCN(CC)P(=O)(Cl)N=P(Oc1ccccc1)(Oc1ccccc1)N(CC)CC. The summed E-state index contributed by atoms with van der Waals surface area (Å²) < 4.78 is 34.5. The fourth-order valence-electron chi connectivity index (χ4n) is 2.81. The van der Waals surface area contributed by atoms with Crippen molar-refractivity contribution in [2.75, 3.05) is 26.2 Å². The number of nitrogens with zero attached hydrogens (tertiary/aromatic N) is 3. The first-order valence-electron chi connectivity index (χ1n) is 9.84. The molecule has 0 aliphatic heterocycles. The standard InChI is InChI=1S/C20H30ClN3O3P2/c1-5-23(6-2)28(21,25)22-29(24(7-3)8-4,26-19-15-11-9-12-16-19)27-20-17-13-10-14-18-20/h9-18H,5-8H2,1-4H3. The van der Waals surface area contributed by atoms with Crippen LogP contribution in [0.3, 0.4) is 0 Å². The predicted molar refractivity (Wildman–Crippen MR) is 123 cm³/mol. The van der Waals surface area contributed by atoms with E-state index in [1.165, 1.54) is 0 Å². The van der Waals surface area contributed by atoms with E-state index in [1.54, 1.807) is 4.67 Å². The van der Waals surface area contributed by atoms with Crippen molar-refractivity contribution in [2.24, 2.45) is 4.52 Å². The molecule has 1 unspecified atom stereocenters. The van der Waals surface area contributed by atoms with E-state index >= 15 is 0 Å². The van der Waals surface area contributed by atoms with Crippen molar-refractivity contribution in [2.45, 2.75) is 27.7 Å². The quantitative estimate of drug-likeness (QED) is 0.336. The highest BCUT2D eigenvalue weighted by Gasteiger charge is 2.39. The number of benzene rings is 2. The minimum absolute atomic E-state index is 0.510. The number of para-hydroxylation sites is 2. The van der Waals surface area contributed by atoms with E-state index in [0.717, 1.165) is 0 Å². The van der Waals surface area contributed by atoms with E-state index in [0.29, 0.717) is 37.7 Å². The molecule has 0 aliphatic carbocycles. The molecular weight excluding hydrogens is 428 g/mol. The average Bonchev–Trinajstić information content (AvgIpc) is 2.70. The van der Waals surface area contributed by atoms with Gasteiger partial charge in [-0.1, -0.05) is 64.1 Å². The van der Waals surface area contributed by atoms with Crippen LogP contribution in [0.1, 0.15) is 27.7 Å². The smallest absolute Gasteiger partial charge is 0.405 e. The zero-order valence-corrected chi connectivity index (χ0v) is 20.0. The number of halogens is 1. The molecule has 2 aromatic carbocycles. The Labute approximate surface area is 179 Å². The van der Waals surface area contributed by atoms with Crippen LogP contribution in [0.25, 0.3) is 0 Å². The first-order valence-corrected chi connectivity index (χ1v) is 13.9. The topological polar surface area (TPSA) is 54.4 Å². The molecule has 0 heterocycles. The van der Waals surface area contributed by atoms with Gasteiger partial charge in [-0.15, -0.1) is 4.52 Å². The third-order valence-electron chi connectivity index (χ3n) is 4.32. The van der Waals surface area contributed by atoms with Crippen LogP contribution < -0.4 is 9.05 Å². The van der Waals surface area contributed by atoms with E-state index < -0.39 is 14.5 Å². The Hall–Kier alpha value is -1.29. The normalized spacial score (nSPS) is 13.9. The van der Waals surface area contributed by atoms with Gasteiger partial charge in [-0.25, -0.2) is 9.34 Å². The highest BCUT2D eigenvalue weighted by molar-refractivity contribution is 7.89. The van der Waals surface area contributed by atoms with E-state index in [4.69, 9.17) is 20.3 Å². The van der Waals surface area contributed by atoms with Crippen LogP contribution >= 0.6 is 25.7 Å². The zero-order chi connectivity index (χ0) is 21.3. The molecule has 9 heteroatoms. The molecule has 160 valence electrons. The van der Waals surface area contributed by atoms with Crippen LogP contribution in [0.5, 0.6) is 11.5 Å². The molecule has 0 fully saturated rings. The van der Waals surface area contributed by atoms with Crippen LogP contribution in [0.2, 0.25) is 0 Å². The molecule has 0 saturated heterocycles. The highest BCUT2D eigenvalue weighted by Crippen LogP contribution is 2.68. The Morgan fingerprint density at radius 1 is 0.759 bits per heavy atom. The van der Waals surface area contributed by atoms with Crippen molar-refractivity contribution in [1.82, 2.24) is 9.34 Å². The van der Waals surface area contributed by atoms with Crippen LogP contribution in [-0.4, -0.2) is 35.5 Å². The predicted octanol–water partition coefficient (Wildman–Crippen LogP) is 7.12. The fourth-order valence-corrected chi connectivity index (χ4v) is 9.01. The summed E-state index contributed by atoms with van der Waals surface area (Å²) in [6, 6.07) is 18.6. The van der Waals surface area contributed by atoms with Gasteiger partial charge in [0, 0.05) is 26.2 Å². The first kappa shape index (κ1) is 24.0. The van der Waals surface area contributed by atoms with Gasteiger partial charge in [0.1, 0.15) is 11.5 Å². The molecule has 2 rings (SSSR count). The van der Waals surface area contributed by atoms with Gasteiger partial charge in [0.15, 0.2) is 0 Å². The van der Waals surface area contributed by atoms with Crippen molar-refractivity contribution >= 4 is 25.7 Å². The van der Waals surface area contributed by atoms with Gasteiger partial charge in [0.05, 0.1) is 0 Å². The Morgan fingerprint density at radius 2 is 1.14 bits per heavy atom. The fraction of sp³-hybridized carbons (Fsp3) is 0.400. The number of hydrogen-bond acceptors (Lipinski definition) is 3. The monoisotopic (exact) mass is 457 g/mol. The maximum absolute atomic E-state index is 13.5. The molecule has 0 amide bonds. The molecule has 0 N–H and O–H groups in total. The lowest BCUT2D eigenvalue weighted by Crippen LogP contribution is -2.26. The van der Waals surface area contributed by atoms with E-state index in [9.17, 15) is 4.57 Å². The van der Waals surface area contributed by atoms with Crippen LogP contribution in [0, 0.1) is 0 Å². The molecule has 29 heavy (non-hydrogen) atoms. The molecule has 0 saturated carbocycles. The largest absolute Gasteiger partial charge is 0.419 e. The van der Waals surface area contributed by atoms with Gasteiger partial charge in [-0.3, -0.25) is 4.57 Å². The lowest BCUT2D eigenvalue weighted by atomic mass is 10.3. The number of rotatable bonds is 11. The minimum Gasteiger partial charge on any atom is -0.419 e. The van der Waals surface area contributed by atoms with Crippen LogP contribution in [0.15, 0.2) is 65.2 Å². The first-order chi connectivity index (χ1) is 13.9. The molecule has 0 spiro atoms. The lowest BCUT2D eigenvalue weighted by Gasteiger charge is -2.35. The van der Waals surface area contributed by atoms with Gasteiger partial charge in [-0.2, -0.15) is 0 Å². The van der Waals surface area contributed by atoms with Crippen molar-refractivity contribution < 1.29 is 13.6 Å². The molecule has 0 aromatic heterocycles. The second-order valence-corrected chi connectivity index (χ2v) is 11.6. The number of hydrogen-bond donors (Lipinski definition) is 0. The summed E-state index contributed by atoms with van der Waals surface area (Å²) >= 11 is 6.53. The maximum Gasteiger partial charge on any atom is 0.405 e. The summed E-state index contributed by atoms with van der Waals surface area (Å²) in [5, 5.41) is 0. The van der Waals surface area contributed by atoms with Gasteiger partial charge in [0.25, 0.3) is 0 Å². The maximum atomic E-state index is 13.5. The van der Waals surface area contributed by atoms with Gasteiger partial charge in [0.2, 0.25) is 0 Å². The third-order valence-corrected chi connectivity index (χ3v) is 10.8. The summed E-state index contributed by atoms with van der Waals surface area (Å²) in [6.07, 6.45) is 0. The van der Waals surface area contributed by atoms with E-state index in [1.807, 2.05) is 93.0 Å². The third kappa shape index (κ3) is 6.34. The molecular formula is C20H30ClN3O3P2. The molecule has 0 aliphatic rings. The Morgan fingerprint density at radius 3 is 1.48 bits per heavy atom. The van der Waals surface area contributed by atoms with Crippen molar-refractivity contribution in [1.29, 1.82) is 0 Å². The zero-order valence-electron chi connectivity index (χ0n) is 17.4. The van der Waals surface area contributed by atoms with Crippen LogP contribution in [0.4, 0.5) is 0 Å². The summed E-state index contributed by atoms with van der Waals surface area (Å²) in [6.45, 7) is 6.42. The lowest BCUT2D eigenvalue weighted by molar-refractivity contribution is 0.357. The Balaban J connectivity index is 2.70. The van der Waals surface area contributed by atoms with Crippen molar-refractivity contribution in [3.05, 3.63) is 60.7 Å². The van der Waals surface area contributed by atoms with Crippen molar-refractivity contribution in [3.8, 4) is 11.5 Å². The van der Waals surface area contributed by atoms with Gasteiger partial charge < -0.3 is 9.05 Å². The molecule has 1 atom stereocenters. The van der Waals surface area contributed by atoms with Crippen LogP contribution in [-0.2, 0) is 4.57 Å². The Kier molecular flexibility index (Phi) is 9.26.